The lowest BCUT2D eigenvalue weighted by Gasteiger charge is -2.14. The van der Waals surface area contributed by atoms with Crippen LogP contribution < -0.4 is 10.6 Å². The molecule has 15 heavy (non-hydrogen) atoms. The number of rotatable bonds is 6. The molecule has 4 nitrogen and oxygen atoms in total. The van der Waals surface area contributed by atoms with Gasteiger partial charge in [0.15, 0.2) is 0 Å². The summed E-state index contributed by atoms with van der Waals surface area (Å²) in [5, 5.41) is 14.9. The van der Waals surface area contributed by atoms with Gasteiger partial charge in [-0.1, -0.05) is 27.7 Å². The molecule has 0 rings (SSSR count). The highest BCUT2D eigenvalue weighted by molar-refractivity contribution is 5.73. The Morgan fingerprint density at radius 2 is 1.60 bits per heavy atom. The fourth-order valence-electron chi connectivity index (χ4n) is 1.20. The van der Waals surface area contributed by atoms with E-state index in [9.17, 15) is 9.90 Å². The van der Waals surface area contributed by atoms with E-state index in [0.717, 1.165) is 0 Å². The van der Waals surface area contributed by atoms with Crippen molar-refractivity contribution in [2.75, 3.05) is 13.1 Å². The molecule has 4 heteroatoms. The van der Waals surface area contributed by atoms with Crippen LogP contribution in [-0.4, -0.2) is 30.3 Å². The van der Waals surface area contributed by atoms with E-state index < -0.39 is 6.10 Å². The third-order valence-electron chi connectivity index (χ3n) is 1.91. The number of carbonyl (C=O) groups excluding carboxylic acids is 1. The summed E-state index contributed by atoms with van der Waals surface area (Å²) in [5.74, 6) is 0.886. The predicted molar refractivity (Wildman–Crippen MR) is 61.7 cm³/mol. The lowest BCUT2D eigenvalue weighted by molar-refractivity contribution is 0.146. The first-order valence-corrected chi connectivity index (χ1v) is 5.61. The molecule has 1 atom stereocenters. The molecular formula is C11H24N2O2. The lowest BCUT2D eigenvalue weighted by Crippen LogP contribution is -2.41. The van der Waals surface area contributed by atoms with Crippen molar-refractivity contribution in [3.05, 3.63) is 0 Å². The second-order valence-electron chi connectivity index (χ2n) is 4.77. The summed E-state index contributed by atoms with van der Waals surface area (Å²) in [7, 11) is 0. The van der Waals surface area contributed by atoms with Gasteiger partial charge in [-0.25, -0.2) is 4.79 Å². The monoisotopic (exact) mass is 216 g/mol. The minimum absolute atomic E-state index is 0.202. The van der Waals surface area contributed by atoms with Gasteiger partial charge in [0.05, 0.1) is 6.10 Å². The van der Waals surface area contributed by atoms with Crippen molar-refractivity contribution in [1.82, 2.24) is 10.6 Å². The third kappa shape index (κ3) is 9.53. The van der Waals surface area contributed by atoms with E-state index in [2.05, 4.69) is 10.6 Å². The fraction of sp³-hybridized carbons (Fsp3) is 0.909. The van der Waals surface area contributed by atoms with Gasteiger partial charge in [0.1, 0.15) is 0 Å². The zero-order chi connectivity index (χ0) is 11.8. The highest BCUT2D eigenvalue weighted by Crippen LogP contribution is 2.02. The molecular weight excluding hydrogens is 192 g/mol. The number of amides is 2. The van der Waals surface area contributed by atoms with E-state index in [1.165, 1.54) is 0 Å². The second kappa shape index (κ2) is 7.51. The number of hydrogen-bond acceptors (Lipinski definition) is 2. The van der Waals surface area contributed by atoms with Crippen molar-refractivity contribution in [2.45, 2.75) is 40.2 Å². The second-order valence-corrected chi connectivity index (χ2v) is 4.77. The molecule has 0 aliphatic heterocycles. The van der Waals surface area contributed by atoms with E-state index in [1.54, 1.807) is 0 Å². The third-order valence-corrected chi connectivity index (χ3v) is 1.91. The molecule has 0 aromatic heterocycles. The molecule has 0 aliphatic rings. The summed E-state index contributed by atoms with van der Waals surface area (Å²) in [6.45, 7) is 9.14. The van der Waals surface area contributed by atoms with Crippen molar-refractivity contribution < 1.29 is 9.90 Å². The summed E-state index contributed by atoms with van der Waals surface area (Å²) >= 11 is 0. The highest BCUT2D eigenvalue weighted by atomic mass is 16.3. The summed E-state index contributed by atoms with van der Waals surface area (Å²) < 4.78 is 0. The molecule has 0 radical (unpaired) electrons. The van der Waals surface area contributed by atoms with Crippen LogP contribution in [0.5, 0.6) is 0 Å². The number of hydrogen-bond donors (Lipinski definition) is 3. The first kappa shape index (κ1) is 14.2. The quantitative estimate of drug-likeness (QED) is 0.627. The molecule has 0 saturated carbocycles. The van der Waals surface area contributed by atoms with E-state index >= 15 is 0 Å². The van der Waals surface area contributed by atoms with Crippen LogP contribution in [0.1, 0.15) is 34.1 Å². The molecule has 0 heterocycles. The Morgan fingerprint density at radius 1 is 1.07 bits per heavy atom. The fourth-order valence-corrected chi connectivity index (χ4v) is 1.20. The van der Waals surface area contributed by atoms with Crippen molar-refractivity contribution in [3.8, 4) is 0 Å². The molecule has 1 unspecified atom stereocenters. The van der Waals surface area contributed by atoms with Crippen LogP contribution in [0.4, 0.5) is 4.79 Å². The van der Waals surface area contributed by atoms with Gasteiger partial charge in [0.25, 0.3) is 0 Å². The number of carbonyl (C=O) groups is 1. The molecule has 3 N–H and O–H groups in total. The number of nitrogens with one attached hydrogen (secondary N) is 2. The molecule has 2 amide bonds. The maximum absolute atomic E-state index is 11.2. The molecule has 0 spiro atoms. The van der Waals surface area contributed by atoms with Crippen LogP contribution in [0, 0.1) is 11.8 Å². The van der Waals surface area contributed by atoms with E-state index in [-0.39, 0.29) is 6.03 Å². The summed E-state index contributed by atoms with van der Waals surface area (Å²) in [5.41, 5.74) is 0. The smallest absolute Gasteiger partial charge is 0.314 e. The van der Waals surface area contributed by atoms with Crippen LogP contribution in [-0.2, 0) is 0 Å². The zero-order valence-corrected chi connectivity index (χ0v) is 10.2. The molecule has 90 valence electrons. The first-order valence-electron chi connectivity index (χ1n) is 5.61. The minimum Gasteiger partial charge on any atom is -0.391 e. The zero-order valence-electron chi connectivity index (χ0n) is 10.2. The van der Waals surface area contributed by atoms with Crippen LogP contribution in [0.25, 0.3) is 0 Å². The van der Waals surface area contributed by atoms with Gasteiger partial charge < -0.3 is 15.7 Å². The number of urea groups is 1. The Balaban J connectivity index is 3.53. The van der Waals surface area contributed by atoms with E-state index in [4.69, 9.17) is 0 Å². The molecule has 0 saturated heterocycles. The standard InChI is InChI=1S/C11H24N2O2/c1-8(2)5-10(14)7-13-11(15)12-6-9(3)4/h8-10,14H,5-7H2,1-4H3,(H2,12,13,15). The van der Waals surface area contributed by atoms with Gasteiger partial charge in [0, 0.05) is 13.1 Å². The Labute approximate surface area is 92.4 Å². The number of aliphatic hydroxyl groups excluding tert-OH is 1. The number of aliphatic hydroxyl groups is 1. The van der Waals surface area contributed by atoms with Crippen molar-refractivity contribution >= 4 is 6.03 Å². The van der Waals surface area contributed by atoms with E-state index in [0.29, 0.717) is 31.3 Å². The van der Waals surface area contributed by atoms with Crippen molar-refractivity contribution in [2.24, 2.45) is 11.8 Å². The average molecular weight is 216 g/mol. The Kier molecular flexibility index (Phi) is 7.13. The predicted octanol–water partition coefficient (Wildman–Crippen LogP) is 1.35. The maximum Gasteiger partial charge on any atom is 0.314 e. The largest absolute Gasteiger partial charge is 0.391 e. The first-order chi connectivity index (χ1) is 6.91. The Bertz CT molecular complexity index is 181. The normalized spacial score (nSPS) is 13.0. The Hall–Kier alpha value is -0.770. The van der Waals surface area contributed by atoms with Gasteiger partial charge >= 0.3 is 6.03 Å². The average Bonchev–Trinajstić information content (AvgIpc) is 2.10. The van der Waals surface area contributed by atoms with Crippen LogP contribution in [0.15, 0.2) is 0 Å². The topological polar surface area (TPSA) is 61.4 Å². The van der Waals surface area contributed by atoms with Crippen LogP contribution in [0.3, 0.4) is 0 Å². The lowest BCUT2D eigenvalue weighted by atomic mass is 10.1. The van der Waals surface area contributed by atoms with Gasteiger partial charge in [-0.3, -0.25) is 0 Å². The van der Waals surface area contributed by atoms with Gasteiger partial charge in [-0.2, -0.15) is 0 Å². The van der Waals surface area contributed by atoms with Crippen LogP contribution >= 0.6 is 0 Å². The highest BCUT2D eigenvalue weighted by Gasteiger charge is 2.08. The molecule has 0 aromatic rings. The van der Waals surface area contributed by atoms with Gasteiger partial charge in [-0.05, 0) is 18.3 Å². The van der Waals surface area contributed by atoms with Crippen molar-refractivity contribution in [1.29, 1.82) is 0 Å². The summed E-state index contributed by atoms with van der Waals surface area (Å²) in [6.07, 6.45) is 0.263. The van der Waals surface area contributed by atoms with Gasteiger partial charge in [0.2, 0.25) is 0 Å². The van der Waals surface area contributed by atoms with Gasteiger partial charge in [-0.15, -0.1) is 0 Å². The minimum atomic E-state index is -0.449. The van der Waals surface area contributed by atoms with Crippen LogP contribution in [0.2, 0.25) is 0 Å². The molecule has 0 aromatic carbocycles. The maximum atomic E-state index is 11.2. The van der Waals surface area contributed by atoms with E-state index in [1.807, 2.05) is 27.7 Å². The molecule has 0 fully saturated rings. The molecule has 0 bridgehead atoms. The van der Waals surface area contributed by atoms with Crippen molar-refractivity contribution in [3.63, 3.8) is 0 Å². The summed E-state index contributed by atoms with van der Waals surface area (Å²) in [4.78, 5) is 11.2. The Morgan fingerprint density at radius 3 is 2.07 bits per heavy atom. The SMILES string of the molecule is CC(C)CNC(=O)NCC(O)CC(C)C. The molecule has 0 aliphatic carbocycles. The summed E-state index contributed by atoms with van der Waals surface area (Å²) in [6, 6.07) is -0.202.